The van der Waals surface area contributed by atoms with Gasteiger partial charge in [-0.2, -0.15) is 0 Å². The Morgan fingerprint density at radius 1 is 1.41 bits per heavy atom. The third kappa shape index (κ3) is 4.23. The molecule has 1 unspecified atom stereocenters. The number of nitrogens with one attached hydrogen (secondary N) is 1. The van der Waals surface area contributed by atoms with Gasteiger partial charge in [0.05, 0.1) is 0 Å². The standard InChI is InChI=1S/C14H29NOSi/c1-12-9-10-15-13(12)8-7-11-16-17(5,6)14(2,3)4/h13,15H,1,7-11H2,2-6H3. The Morgan fingerprint density at radius 3 is 2.53 bits per heavy atom. The summed E-state index contributed by atoms with van der Waals surface area (Å²) in [6.07, 6.45) is 3.46. The molecule has 1 atom stereocenters. The molecule has 0 aliphatic carbocycles. The Bertz CT molecular complexity index is 268. The number of hydrogen-bond acceptors (Lipinski definition) is 2. The lowest BCUT2D eigenvalue weighted by molar-refractivity contribution is 0.275. The zero-order valence-electron chi connectivity index (χ0n) is 12.2. The Balaban J connectivity index is 2.22. The highest BCUT2D eigenvalue weighted by molar-refractivity contribution is 6.74. The molecule has 1 aliphatic heterocycles. The van der Waals surface area contributed by atoms with Crippen molar-refractivity contribution in [2.75, 3.05) is 13.2 Å². The maximum absolute atomic E-state index is 6.17. The van der Waals surface area contributed by atoms with Crippen molar-refractivity contribution in [2.24, 2.45) is 0 Å². The average molecular weight is 255 g/mol. The van der Waals surface area contributed by atoms with Crippen LogP contribution in [-0.2, 0) is 4.43 Å². The van der Waals surface area contributed by atoms with E-state index in [1.165, 1.54) is 12.0 Å². The summed E-state index contributed by atoms with van der Waals surface area (Å²) in [6, 6.07) is 0.540. The molecule has 0 saturated carbocycles. The molecule has 1 fully saturated rings. The lowest BCUT2D eigenvalue weighted by Gasteiger charge is -2.36. The molecule has 1 heterocycles. The van der Waals surface area contributed by atoms with Crippen molar-refractivity contribution in [3.05, 3.63) is 12.2 Å². The fraction of sp³-hybridized carbons (Fsp3) is 0.857. The smallest absolute Gasteiger partial charge is 0.191 e. The third-order valence-corrected chi connectivity index (χ3v) is 8.77. The molecule has 1 aliphatic rings. The van der Waals surface area contributed by atoms with Gasteiger partial charge < -0.3 is 9.74 Å². The zero-order valence-corrected chi connectivity index (χ0v) is 13.2. The van der Waals surface area contributed by atoms with Crippen LogP contribution in [-0.4, -0.2) is 27.5 Å². The first-order chi connectivity index (χ1) is 7.74. The van der Waals surface area contributed by atoms with Crippen molar-refractivity contribution >= 4 is 8.32 Å². The van der Waals surface area contributed by atoms with Gasteiger partial charge in [-0.05, 0) is 43.9 Å². The van der Waals surface area contributed by atoms with Crippen LogP contribution in [0.5, 0.6) is 0 Å². The van der Waals surface area contributed by atoms with E-state index in [4.69, 9.17) is 4.43 Å². The quantitative estimate of drug-likeness (QED) is 0.459. The van der Waals surface area contributed by atoms with Gasteiger partial charge >= 0.3 is 0 Å². The van der Waals surface area contributed by atoms with Crippen molar-refractivity contribution in [2.45, 2.75) is 64.2 Å². The van der Waals surface area contributed by atoms with E-state index in [1.54, 1.807) is 0 Å². The van der Waals surface area contributed by atoms with Crippen molar-refractivity contribution < 1.29 is 4.43 Å². The van der Waals surface area contributed by atoms with Crippen LogP contribution in [0.4, 0.5) is 0 Å². The van der Waals surface area contributed by atoms with Crippen LogP contribution >= 0.6 is 0 Å². The molecule has 100 valence electrons. The molecular formula is C14H29NOSi. The molecule has 0 aromatic rings. The summed E-state index contributed by atoms with van der Waals surface area (Å²) in [7, 11) is -1.54. The van der Waals surface area contributed by atoms with Crippen LogP contribution in [0.3, 0.4) is 0 Å². The fourth-order valence-electron chi connectivity index (χ4n) is 1.86. The summed E-state index contributed by atoms with van der Waals surface area (Å²) in [6.45, 7) is 17.6. The average Bonchev–Trinajstić information content (AvgIpc) is 2.57. The zero-order chi connectivity index (χ0) is 13.1. The minimum atomic E-state index is -1.54. The lowest BCUT2D eigenvalue weighted by Crippen LogP contribution is -2.41. The van der Waals surface area contributed by atoms with Gasteiger partial charge in [-0.25, -0.2) is 0 Å². The van der Waals surface area contributed by atoms with Crippen LogP contribution in [0, 0.1) is 0 Å². The topological polar surface area (TPSA) is 21.3 Å². The largest absolute Gasteiger partial charge is 0.417 e. The fourth-order valence-corrected chi connectivity index (χ4v) is 2.95. The van der Waals surface area contributed by atoms with Gasteiger partial charge in [0, 0.05) is 12.6 Å². The summed E-state index contributed by atoms with van der Waals surface area (Å²) < 4.78 is 6.17. The normalized spacial score (nSPS) is 22.2. The monoisotopic (exact) mass is 255 g/mol. The predicted octanol–water partition coefficient (Wildman–Crippen LogP) is 3.71. The molecule has 0 amide bonds. The minimum Gasteiger partial charge on any atom is -0.417 e. The molecule has 1 N–H and O–H groups in total. The Morgan fingerprint density at radius 2 is 2.06 bits per heavy atom. The van der Waals surface area contributed by atoms with E-state index in [9.17, 15) is 0 Å². The van der Waals surface area contributed by atoms with E-state index in [0.29, 0.717) is 11.1 Å². The van der Waals surface area contributed by atoms with Gasteiger partial charge in [-0.15, -0.1) is 0 Å². The van der Waals surface area contributed by atoms with Crippen LogP contribution in [0.1, 0.15) is 40.0 Å². The van der Waals surface area contributed by atoms with Crippen molar-refractivity contribution in [1.29, 1.82) is 0 Å². The highest BCUT2D eigenvalue weighted by Gasteiger charge is 2.36. The van der Waals surface area contributed by atoms with Gasteiger partial charge in [0.25, 0.3) is 0 Å². The summed E-state index contributed by atoms with van der Waals surface area (Å²) in [5.74, 6) is 0. The summed E-state index contributed by atoms with van der Waals surface area (Å²) in [5.41, 5.74) is 1.37. The molecule has 0 bridgehead atoms. The first kappa shape index (κ1) is 14.9. The molecule has 0 aromatic carbocycles. The first-order valence-corrected chi connectivity index (χ1v) is 9.70. The molecule has 1 rings (SSSR count). The third-order valence-electron chi connectivity index (χ3n) is 4.24. The molecule has 3 heteroatoms. The maximum Gasteiger partial charge on any atom is 0.191 e. The number of rotatable bonds is 5. The van der Waals surface area contributed by atoms with Gasteiger partial charge in [0.15, 0.2) is 8.32 Å². The molecule has 2 nitrogen and oxygen atoms in total. The molecule has 0 radical (unpaired) electrons. The van der Waals surface area contributed by atoms with E-state index >= 15 is 0 Å². The van der Waals surface area contributed by atoms with Crippen molar-refractivity contribution in [3.8, 4) is 0 Å². The molecule has 0 spiro atoms. The molecule has 1 saturated heterocycles. The highest BCUT2D eigenvalue weighted by Crippen LogP contribution is 2.36. The van der Waals surface area contributed by atoms with E-state index in [-0.39, 0.29) is 0 Å². The Hall–Kier alpha value is -0.123. The number of hydrogen-bond donors (Lipinski definition) is 1. The van der Waals surface area contributed by atoms with Gasteiger partial charge in [-0.3, -0.25) is 0 Å². The Kier molecular flexibility index (Phi) is 4.99. The summed E-state index contributed by atoms with van der Waals surface area (Å²) >= 11 is 0. The predicted molar refractivity (Wildman–Crippen MR) is 77.9 cm³/mol. The second kappa shape index (κ2) is 5.68. The molecule has 0 aromatic heterocycles. The van der Waals surface area contributed by atoms with Gasteiger partial charge in [-0.1, -0.05) is 32.9 Å². The van der Waals surface area contributed by atoms with Crippen LogP contribution < -0.4 is 5.32 Å². The SMILES string of the molecule is C=C1CCNC1CCCO[Si](C)(C)C(C)(C)C. The van der Waals surface area contributed by atoms with Crippen LogP contribution in [0.25, 0.3) is 0 Å². The molecule has 17 heavy (non-hydrogen) atoms. The first-order valence-electron chi connectivity index (χ1n) is 6.79. The van der Waals surface area contributed by atoms with Crippen LogP contribution in [0.2, 0.25) is 18.1 Å². The van der Waals surface area contributed by atoms with Crippen molar-refractivity contribution in [1.82, 2.24) is 5.32 Å². The highest BCUT2D eigenvalue weighted by atomic mass is 28.4. The minimum absolute atomic E-state index is 0.322. The lowest BCUT2D eigenvalue weighted by atomic mass is 10.1. The summed E-state index contributed by atoms with van der Waals surface area (Å²) in [5, 5.41) is 3.81. The van der Waals surface area contributed by atoms with E-state index in [0.717, 1.165) is 26.0 Å². The van der Waals surface area contributed by atoms with E-state index in [1.807, 2.05) is 0 Å². The maximum atomic E-state index is 6.17. The van der Waals surface area contributed by atoms with Crippen molar-refractivity contribution in [3.63, 3.8) is 0 Å². The second-order valence-electron chi connectivity index (χ2n) is 6.67. The second-order valence-corrected chi connectivity index (χ2v) is 11.5. The summed E-state index contributed by atoms with van der Waals surface area (Å²) in [4.78, 5) is 0. The van der Waals surface area contributed by atoms with Gasteiger partial charge in [0.2, 0.25) is 0 Å². The van der Waals surface area contributed by atoms with E-state index in [2.05, 4.69) is 45.8 Å². The Labute approximate surface area is 108 Å². The van der Waals surface area contributed by atoms with Gasteiger partial charge in [0.1, 0.15) is 0 Å². The molecular weight excluding hydrogens is 226 g/mol. The van der Waals surface area contributed by atoms with Crippen LogP contribution in [0.15, 0.2) is 12.2 Å². The van der Waals surface area contributed by atoms with E-state index < -0.39 is 8.32 Å².